The predicted octanol–water partition coefficient (Wildman–Crippen LogP) is 4.03. The van der Waals surface area contributed by atoms with Crippen molar-refractivity contribution in [1.82, 2.24) is 19.7 Å². The molecule has 8 heteroatoms. The van der Waals surface area contributed by atoms with E-state index in [1.165, 1.54) is 11.8 Å². The molecule has 0 bridgehead atoms. The summed E-state index contributed by atoms with van der Waals surface area (Å²) in [7, 11) is 1.91. The molecule has 1 aliphatic rings. The quantitative estimate of drug-likeness (QED) is 0.609. The maximum Gasteiger partial charge on any atom is 0.198 e. The number of nitrogens with zero attached hydrogens (tertiary/aromatic N) is 4. The van der Waals surface area contributed by atoms with Crippen molar-refractivity contribution in [3.8, 4) is 5.75 Å². The monoisotopic (exact) mass is 428 g/mol. The van der Waals surface area contributed by atoms with Crippen molar-refractivity contribution in [3.63, 3.8) is 0 Å². The lowest BCUT2D eigenvalue weighted by Gasteiger charge is -2.19. The molecule has 7 nitrogen and oxygen atoms in total. The van der Waals surface area contributed by atoms with E-state index in [9.17, 15) is 5.11 Å². The first-order valence-corrected chi connectivity index (χ1v) is 11.1. The van der Waals surface area contributed by atoms with Crippen LogP contribution in [0.2, 0.25) is 0 Å². The zero-order chi connectivity index (χ0) is 21.1. The molecule has 1 N–H and O–H groups in total. The van der Waals surface area contributed by atoms with E-state index in [4.69, 9.17) is 9.15 Å². The molecule has 160 valence electrons. The molecule has 30 heavy (non-hydrogen) atoms. The summed E-state index contributed by atoms with van der Waals surface area (Å²) in [6.45, 7) is 7.13. The Balaban J connectivity index is 1.43. The molecule has 3 aromatic rings. The molecule has 0 amide bonds. The number of hydrogen-bond donors (Lipinski definition) is 1. The van der Waals surface area contributed by atoms with Gasteiger partial charge in [-0.1, -0.05) is 19.9 Å². The maximum absolute atomic E-state index is 10.5. The smallest absolute Gasteiger partial charge is 0.198 e. The Morgan fingerprint density at radius 3 is 2.87 bits per heavy atom. The van der Waals surface area contributed by atoms with Crippen LogP contribution in [0.5, 0.6) is 5.75 Å². The Morgan fingerprint density at radius 2 is 2.10 bits per heavy atom. The summed E-state index contributed by atoms with van der Waals surface area (Å²) in [6, 6.07) is 10.0. The van der Waals surface area contributed by atoms with E-state index in [-0.39, 0.29) is 0 Å². The molecule has 3 heterocycles. The summed E-state index contributed by atoms with van der Waals surface area (Å²) in [6.07, 6.45) is 1.98. The van der Waals surface area contributed by atoms with Crippen LogP contribution >= 0.6 is 11.8 Å². The Bertz CT molecular complexity index is 984. The van der Waals surface area contributed by atoms with E-state index in [0.29, 0.717) is 19.1 Å². The Labute approximate surface area is 181 Å². The molecule has 2 aromatic heterocycles. The first-order valence-electron chi connectivity index (χ1n) is 10.2. The maximum atomic E-state index is 10.5. The molecule has 0 spiro atoms. The minimum absolute atomic E-state index is 0.444. The SMILES string of the molecule is CC(C)CC(O)c1ccc2c(c1)CN(Cc1ccc(Sc3nncn3C)o1)CCO2. The minimum Gasteiger partial charge on any atom is -0.492 e. The van der Waals surface area contributed by atoms with Crippen LogP contribution in [0.4, 0.5) is 0 Å². The van der Waals surface area contributed by atoms with Crippen LogP contribution in [0.25, 0.3) is 0 Å². The Kier molecular flexibility index (Phi) is 6.46. The first kappa shape index (κ1) is 21.0. The van der Waals surface area contributed by atoms with Gasteiger partial charge in [0.05, 0.1) is 12.6 Å². The van der Waals surface area contributed by atoms with Crippen LogP contribution in [0.15, 0.2) is 51.3 Å². The minimum atomic E-state index is -0.447. The highest BCUT2D eigenvalue weighted by atomic mass is 32.2. The van der Waals surface area contributed by atoms with Gasteiger partial charge in [0, 0.05) is 25.7 Å². The summed E-state index contributed by atoms with van der Waals surface area (Å²) in [5.74, 6) is 2.24. The molecule has 1 aromatic carbocycles. The molecule has 0 saturated heterocycles. The third-order valence-electron chi connectivity index (χ3n) is 5.10. The van der Waals surface area contributed by atoms with Gasteiger partial charge in [0.15, 0.2) is 10.2 Å². The van der Waals surface area contributed by atoms with E-state index in [1.54, 1.807) is 6.33 Å². The lowest BCUT2D eigenvalue weighted by molar-refractivity contribution is 0.151. The van der Waals surface area contributed by atoms with Gasteiger partial charge in [-0.15, -0.1) is 10.2 Å². The fourth-order valence-corrected chi connectivity index (χ4v) is 4.31. The molecule has 0 aliphatic carbocycles. The summed E-state index contributed by atoms with van der Waals surface area (Å²) < 4.78 is 13.8. The number of aromatic nitrogens is 3. The van der Waals surface area contributed by atoms with E-state index < -0.39 is 6.10 Å². The summed E-state index contributed by atoms with van der Waals surface area (Å²) in [5, 5.41) is 20.1. The van der Waals surface area contributed by atoms with Crippen molar-refractivity contribution in [3.05, 3.63) is 53.5 Å². The molecular formula is C22H28N4O3S. The van der Waals surface area contributed by atoms with Crippen molar-refractivity contribution in [1.29, 1.82) is 0 Å². The lowest BCUT2D eigenvalue weighted by Crippen LogP contribution is -2.25. The largest absolute Gasteiger partial charge is 0.492 e. The number of aliphatic hydroxyl groups is 1. The van der Waals surface area contributed by atoms with Crippen molar-refractivity contribution >= 4 is 11.8 Å². The molecular weight excluding hydrogens is 400 g/mol. The van der Waals surface area contributed by atoms with Crippen LogP contribution in [0.3, 0.4) is 0 Å². The zero-order valence-electron chi connectivity index (χ0n) is 17.6. The van der Waals surface area contributed by atoms with E-state index in [0.717, 1.165) is 52.4 Å². The van der Waals surface area contributed by atoms with Gasteiger partial charge in [-0.3, -0.25) is 4.90 Å². The van der Waals surface area contributed by atoms with Crippen LogP contribution in [-0.4, -0.2) is 37.9 Å². The lowest BCUT2D eigenvalue weighted by atomic mass is 9.97. The van der Waals surface area contributed by atoms with Gasteiger partial charge >= 0.3 is 0 Å². The standard InChI is InChI=1S/C22H28N4O3S/c1-15(2)10-19(27)16-4-6-20-17(11-16)12-26(8-9-28-20)13-18-5-7-21(29-18)30-22-24-23-14-25(22)3/h4-7,11,14-15,19,27H,8-10,12-13H2,1-3H3. The highest BCUT2D eigenvalue weighted by Gasteiger charge is 2.19. The third-order valence-corrected chi connectivity index (χ3v) is 6.07. The zero-order valence-corrected chi connectivity index (χ0v) is 18.4. The van der Waals surface area contributed by atoms with Crippen LogP contribution in [0.1, 0.15) is 43.3 Å². The van der Waals surface area contributed by atoms with Crippen LogP contribution < -0.4 is 4.74 Å². The molecule has 1 aliphatic heterocycles. The van der Waals surface area contributed by atoms with E-state index in [2.05, 4.69) is 35.0 Å². The van der Waals surface area contributed by atoms with Gasteiger partial charge < -0.3 is 18.8 Å². The second-order valence-corrected chi connectivity index (χ2v) is 9.09. The highest BCUT2D eigenvalue weighted by Crippen LogP contribution is 2.31. The topological polar surface area (TPSA) is 76.5 Å². The Hall–Kier alpha value is -2.29. The Morgan fingerprint density at radius 1 is 1.23 bits per heavy atom. The van der Waals surface area contributed by atoms with Crippen molar-refractivity contribution in [2.75, 3.05) is 13.2 Å². The summed E-state index contributed by atoms with van der Waals surface area (Å²) in [5.41, 5.74) is 2.06. The van der Waals surface area contributed by atoms with E-state index >= 15 is 0 Å². The number of rotatable bonds is 7. The van der Waals surface area contributed by atoms with Gasteiger partial charge in [-0.05, 0) is 53.9 Å². The number of aliphatic hydroxyl groups excluding tert-OH is 1. The van der Waals surface area contributed by atoms with Gasteiger partial charge in [-0.2, -0.15) is 0 Å². The first-order chi connectivity index (χ1) is 14.5. The normalized spacial score (nSPS) is 15.6. The average molecular weight is 429 g/mol. The second-order valence-electron chi connectivity index (χ2n) is 8.12. The second kappa shape index (κ2) is 9.24. The van der Waals surface area contributed by atoms with Crippen LogP contribution in [0, 0.1) is 5.92 Å². The number of hydrogen-bond acceptors (Lipinski definition) is 7. The number of fused-ring (bicyclic) bond motifs is 1. The van der Waals surface area contributed by atoms with Gasteiger partial charge in [0.2, 0.25) is 0 Å². The molecule has 1 unspecified atom stereocenters. The molecule has 0 fully saturated rings. The number of benzene rings is 1. The number of aryl methyl sites for hydroxylation is 1. The fourth-order valence-electron chi connectivity index (χ4n) is 3.57. The van der Waals surface area contributed by atoms with E-state index in [1.807, 2.05) is 35.9 Å². The number of ether oxygens (including phenoxy) is 1. The van der Waals surface area contributed by atoms with Crippen molar-refractivity contribution < 1.29 is 14.3 Å². The summed E-state index contributed by atoms with van der Waals surface area (Å²) >= 11 is 1.46. The molecule has 0 saturated carbocycles. The van der Waals surface area contributed by atoms with Crippen molar-refractivity contribution in [2.24, 2.45) is 13.0 Å². The average Bonchev–Trinajstić information content (AvgIpc) is 3.25. The predicted molar refractivity (Wildman–Crippen MR) is 114 cm³/mol. The molecule has 4 rings (SSSR count). The highest BCUT2D eigenvalue weighted by molar-refractivity contribution is 7.99. The van der Waals surface area contributed by atoms with Gasteiger partial charge in [-0.25, -0.2) is 0 Å². The van der Waals surface area contributed by atoms with Crippen LogP contribution in [-0.2, 0) is 20.1 Å². The third kappa shape index (κ3) is 5.06. The van der Waals surface area contributed by atoms with Crippen molar-refractivity contribution in [2.45, 2.75) is 49.7 Å². The molecule has 0 radical (unpaired) electrons. The fraction of sp³-hybridized carbons (Fsp3) is 0.455. The van der Waals surface area contributed by atoms with Gasteiger partial charge in [0.25, 0.3) is 0 Å². The summed E-state index contributed by atoms with van der Waals surface area (Å²) in [4.78, 5) is 2.31. The number of furan rings is 1. The molecule has 1 atom stereocenters. The van der Waals surface area contributed by atoms with Gasteiger partial charge in [0.1, 0.15) is 24.4 Å².